The minimum atomic E-state index is -0.0581. The zero-order valence-electron chi connectivity index (χ0n) is 10.2. The van der Waals surface area contributed by atoms with Crippen LogP contribution in [0.5, 0.6) is 0 Å². The van der Waals surface area contributed by atoms with Crippen LogP contribution in [-0.4, -0.2) is 17.6 Å². The molecule has 0 amide bonds. The molecular weight excluding hydrogens is 234 g/mol. The molecule has 0 spiro atoms. The third-order valence-corrected chi connectivity index (χ3v) is 3.75. The van der Waals surface area contributed by atoms with Crippen LogP contribution in [0.25, 0.3) is 5.57 Å². The SMILES string of the molecule is CCOC(=O)C1CC=C(c2csc(C)n2)CC1. The van der Waals surface area contributed by atoms with Crippen LogP contribution in [0.1, 0.15) is 36.9 Å². The van der Waals surface area contributed by atoms with Crippen molar-refractivity contribution in [2.24, 2.45) is 5.92 Å². The molecule has 0 saturated heterocycles. The molecule has 0 bridgehead atoms. The summed E-state index contributed by atoms with van der Waals surface area (Å²) < 4.78 is 5.04. The molecule has 4 heteroatoms. The van der Waals surface area contributed by atoms with Gasteiger partial charge >= 0.3 is 5.97 Å². The smallest absolute Gasteiger partial charge is 0.309 e. The molecule has 0 saturated carbocycles. The maximum Gasteiger partial charge on any atom is 0.309 e. The van der Waals surface area contributed by atoms with Gasteiger partial charge in [0, 0.05) is 5.38 Å². The van der Waals surface area contributed by atoms with Gasteiger partial charge in [-0.2, -0.15) is 0 Å². The van der Waals surface area contributed by atoms with E-state index in [1.807, 2.05) is 13.8 Å². The Morgan fingerprint density at radius 3 is 3.00 bits per heavy atom. The highest BCUT2D eigenvalue weighted by Crippen LogP contribution is 2.31. The van der Waals surface area contributed by atoms with Gasteiger partial charge in [0.1, 0.15) is 0 Å². The Balaban J connectivity index is 2.00. The fraction of sp³-hybridized carbons (Fsp3) is 0.538. The van der Waals surface area contributed by atoms with Gasteiger partial charge in [0.15, 0.2) is 0 Å². The van der Waals surface area contributed by atoms with Crippen molar-refractivity contribution in [2.45, 2.75) is 33.1 Å². The van der Waals surface area contributed by atoms with Gasteiger partial charge in [-0.3, -0.25) is 4.79 Å². The van der Waals surface area contributed by atoms with Crippen molar-refractivity contribution in [3.05, 3.63) is 22.2 Å². The first kappa shape index (κ1) is 12.3. The Morgan fingerprint density at radius 1 is 1.65 bits per heavy atom. The van der Waals surface area contributed by atoms with E-state index >= 15 is 0 Å². The second-order valence-electron chi connectivity index (χ2n) is 4.20. The molecule has 1 atom stereocenters. The number of hydrogen-bond acceptors (Lipinski definition) is 4. The summed E-state index contributed by atoms with van der Waals surface area (Å²) in [7, 11) is 0. The van der Waals surface area contributed by atoms with Crippen LogP contribution in [-0.2, 0) is 9.53 Å². The van der Waals surface area contributed by atoms with Gasteiger partial charge in [0.25, 0.3) is 0 Å². The summed E-state index contributed by atoms with van der Waals surface area (Å²) in [5.74, 6) is -0.0179. The number of hydrogen-bond donors (Lipinski definition) is 0. The van der Waals surface area contributed by atoms with Gasteiger partial charge in [-0.1, -0.05) is 6.08 Å². The van der Waals surface area contributed by atoms with E-state index in [1.165, 1.54) is 5.57 Å². The van der Waals surface area contributed by atoms with E-state index < -0.39 is 0 Å². The molecule has 1 unspecified atom stereocenters. The van der Waals surface area contributed by atoms with Crippen molar-refractivity contribution in [1.82, 2.24) is 4.98 Å². The molecule has 0 fully saturated rings. The molecule has 92 valence electrons. The Kier molecular flexibility index (Phi) is 3.94. The lowest BCUT2D eigenvalue weighted by Crippen LogP contribution is -2.19. The Bertz CT molecular complexity index is 436. The molecule has 17 heavy (non-hydrogen) atoms. The molecule has 0 aromatic carbocycles. The number of ether oxygens (including phenoxy) is 1. The summed E-state index contributed by atoms with van der Waals surface area (Å²) in [4.78, 5) is 16.1. The van der Waals surface area contributed by atoms with Gasteiger partial charge in [0.2, 0.25) is 0 Å². The number of esters is 1. The molecule has 0 radical (unpaired) electrons. The minimum Gasteiger partial charge on any atom is -0.466 e. The highest BCUT2D eigenvalue weighted by atomic mass is 32.1. The van der Waals surface area contributed by atoms with Gasteiger partial charge in [0.05, 0.1) is 23.2 Å². The van der Waals surface area contributed by atoms with Crippen molar-refractivity contribution < 1.29 is 9.53 Å². The Morgan fingerprint density at radius 2 is 2.47 bits per heavy atom. The summed E-state index contributed by atoms with van der Waals surface area (Å²) >= 11 is 1.67. The van der Waals surface area contributed by atoms with Crippen LogP contribution in [0, 0.1) is 12.8 Å². The van der Waals surface area contributed by atoms with E-state index in [0.717, 1.165) is 30.0 Å². The number of thiazole rings is 1. The van der Waals surface area contributed by atoms with Gasteiger partial charge < -0.3 is 4.74 Å². The van der Waals surface area contributed by atoms with E-state index in [9.17, 15) is 4.79 Å². The summed E-state index contributed by atoms with van der Waals surface area (Å²) in [5.41, 5.74) is 2.35. The van der Waals surface area contributed by atoms with Crippen molar-refractivity contribution in [2.75, 3.05) is 6.61 Å². The van der Waals surface area contributed by atoms with Gasteiger partial charge in [-0.15, -0.1) is 11.3 Å². The first-order valence-electron chi connectivity index (χ1n) is 5.99. The van der Waals surface area contributed by atoms with E-state index in [0.29, 0.717) is 6.61 Å². The molecule has 1 aliphatic rings. The fourth-order valence-corrected chi connectivity index (χ4v) is 2.69. The van der Waals surface area contributed by atoms with Crippen LogP contribution in [0.2, 0.25) is 0 Å². The molecule has 3 nitrogen and oxygen atoms in total. The Hall–Kier alpha value is -1.16. The monoisotopic (exact) mass is 251 g/mol. The van der Waals surface area contributed by atoms with Crippen molar-refractivity contribution in [1.29, 1.82) is 0 Å². The van der Waals surface area contributed by atoms with Crippen LogP contribution in [0.15, 0.2) is 11.5 Å². The lowest BCUT2D eigenvalue weighted by atomic mass is 9.88. The molecular formula is C13H17NO2S. The largest absolute Gasteiger partial charge is 0.466 e. The summed E-state index contributed by atoms with van der Waals surface area (Å²) in [6.07, 6.45) is 4.72. The Labute approximate surface area is 106 Å². The normalized spacial score (nSPS) is 19.9. The molecule has 1 heterocycles. The predicted molar refractivity (Wildman–Crippen MR) is 68.8 cm³/mol. The minimum absolute atomic E-state index is 0.0402. The highest BCUT2D eigenvalue weighted by Gasteiger charge is 2.23. The van der Waals surface area contributed by atoms with Crippen molar-refractivity contribution in [3.63, 3.8) is 0 Å². The number of aromatic nitrogens is 1. The topological polar surface area (TPSA) is 39.2 Å². The highest BCUT2D eigenvalue weighted by molar-refractivity contribution is 7.09. The maximum absolute atomic E-state index is 11.6. The van der Waals surface area contributed by atoms with Gasteiger partial charge in [-0.05, 0) is 38.7 Å². The third-order valence-electron chi connectivity index (χ3n) is 2.98. The number of carbonyl (C=O) groups is 1. The van der Waals surface area contributed by atoms with E-state index in [4.69, 9.17) is 4.74 Å². The molecule has 1 aromatic heterocycles. The molecule has 1 aliphatic carbocycles. The first-order valence-corrected chi connectivity index (χ1v) is 6.87. The van der Waals surface area contributed by atoms with Crippen LogP contribution in [0.4, 0.5) is 0 Å². The number of rotatable bonds is 3. The van der Waals surface area contributed by atoms with E-state index in [-0.39, 0.29) is 11.9 Å². The second kappa shape index (κ2) is 5.45. The number of allylic oxidation sites excluding steroid dienone is 2. The maximum atomic E-state index is 11.6. The third kappa shape index (κ3) is 2.94. The first-order chi connectivity index (χ1) is 8.20. The number of carbonyl (C=O) groups excluding carboxylic acids is 1. The zero-order chi connectivity index (χ0) is 12.3. The van der Waals surface area contributed by atoms with Crippen LogP contribution < -0.4 is 0 Å². The number of nitrogens with zero attached hydrogens (tertiary/aromatic N) is 1. The van der Waals surface area contributed by atoms with Crippen LogP contribution in [0.3, 0.4) is 0 Å². The summed E-state index contributed by atoms with van der Waals surface area (Å²) in [5, 5.41) is 3.18. The van der Waals surface area contributed by atoms with Crippen molar-refractivity contribution >= 4 is 22.9 Å². The van der Waals surface area contributed by atoms with Gasteiger partial charge in [-0.25, -0.2) is 4.98 Å². The quantitative estimate of drug-likeness (QED) is 0.774. The molecule has 0 aliphatic heterocycles. The van der Waals surface area contributed by atoms with Crippen LogP contribution >= 0.6 is 11.3 Å². The molecule has 2 rings (SSSR count). The average Bonchev–Trinajstić information content (AvgIpc) is 2.76. The predicted octanol–water partition coefficient (Wildman–Crippen LogP) is 3.20. The van der Waals surface area contributed by atoms with Crippen molar-refractivity contribution in [3.8, 4) is 0 Å². The summed E-state index contributed by atoms with van der Waals surface area (Å²) in [6.45, 7) is 4.33. The fourth-order valence-electron chi connectivity index (χ4n) is 2.05. The molecule has 0 N–H and O–H groups in total. The standard InChI is InChI=1S/C13H17NO2S/c1-3-16-13(15)11-6-4-10(5-7-11)12-8-17-9(2)14-12/h4,8,11H,3,5-7H2,1-2H3. The second-order valence-corrected chi connectivity index (χ2v) is 5.27. The lowest BCUT2D eigenvalue weighted by molar-refractivity contribution is -0.148. The lowest BCUT2D eigenvalue weighted by Gasteiger charge is -2.19. The summed E-state index contributed by atoms with van der Waals surface area (Å²) in [6, 6.07) is 0. The van der Waals surface area contributed by atoms with E-state index in [2.05, 4.69) is 16.4 Å². The average molecular weight is 251 g/mol. The van der Waals surface area contributed by atoms with E-state index in [1.54, 1.807) is 11.3 Å². The zero-order valence-corrected chi connectivity index (χ0v) is 11.0. The number of aryl methyl sites for hydroxylation is 1. The molecule has 1 aromatic rings.